The smallest absolute Gasteiger partial charge is 0.379 e. The van der Waals surface area contributed by atoms with Crippen LogP contribution < -0.4 is 0 Å². The highest BCUT2D eigenvalue weighted by molar-refractivity contribution is 5.38. The summed E-state index contributed by atoms with van der Waals surface area (Å²) in [6.45, 7) is 6.91. The number of benzene rings is 1. The number of likely N-dealkylation sites (tertiary alicyclic amines) is 1. The van der Waals surface area contributed by atoms with Gasteiger partial charge in [-0.1, -0.05) is 25.1 Å². The molecule has 1 aromatic carbocycles. The Morgan fingerprint density at radius 3 is 2.45 bits per heavy atom. The van der Waals surface area contributed by atoms with Crippen LogP contribution in [-0.2, 0) is 0 Å². The maximum Gasteiger partial charge on any atom is 0.418 e. The van der Waals surface area contributed by atoms with E-state index < -0.39 is 12.3 Å². The molecule has 5 heteroatoms. The third-order valence-corrected chi connectivity index (χ3v) is 4.59. The molecule has 124 valence electrons. The molecule has 0 aliphatic carbocycles. The van der Waals surface area contributed by atoms with Crippen molar-refractivity contribution in [1.82, 2.24) is 4.90 Å². The molecule has 1 atom stereocenters. The Hall–Kier alpha value is -1.07. The van der Waals surface area contributed by atoms with Crippen molar-refractivity contribution < 1.29 is 18.3 Å². The van der Waals surface area contributed by atoms with E-state index in [0.717, 1.165) is 44.5 Å². The monoisotopic (exact) mass is 315 g/mol. The van der Waals surface area contributed by atoms with Crippen molar-refractivity contribution in [2.24, 2.45) is 0 Å². The van der Waals surface area contributed by atoms with Gasteiger partial charge in [-0.3, -0.25) is 0 Å². The minimum absolute atomic E-state index is 0.0130. The van der Waals surface area contributed by atoms with Gasteiger partial charge in [0.25, 0.3) is 0 Å². The first kappa shape index (κ1) is 17.3. The Labute approximate surface area is 129 Å². The van der Waals surface area contributed by atoms with E-state index in [-0.39, 0.29) is 11.5 Å². The fraction of sp³-hybridized carbons (Fsp3) is 0.647. The molecule has 1 fully saturated rings. The first-order chi connectivity index (χ1) is 10.3. The number of piperidine rings is 1. The molecule has 1 aliphatic heterocycles. The number of halogens is 3. The highest BCUT2D eigenvalue weighted by Crippen LogP contribution is 2.38. The number of nitrogens with zero attached hydrogens (tertiary/aromatic N) is 1. The highest BCUT2D eigenvalue weighted by Gasteiger charge is 2.40. The van der Waals surface area contributed by atoms with Crippen LogP contribution in [0.4, 0.5) is 13.2 Å². The largest absolute Gasteiger partial charge is 0.418 e. The Morgan fingerprint density at radius 2 is 1.91 bits per heavy atom. The summed E-state index contributed by atoms with van der Waals surface area (Å²) in [4.78, 5) is 2.40. The van der Waals surface area contributed by atoms with Crippen LogP contribution in [0, 0.1) is 6.92 Å². The van der Waals surface area contributed by atoms with Crippen LogP contribution >= 0.6 is 0 Å². The van der Waals surface area contributed by atoms with Gasteiger partial charge in [0, 0.05) is 0 Å². The maximum atomic E-state index is 12.8. The zero-order valence-electron chi connectivity index (χ0n) is 13.2. The van der Waals surface area contributed by atoms with Gasteiger partial charge in [0.2, 0.25) is 0 Å². The maximum absolute atomic E-state index is 12.8. The predicted octanol–water partition coefficient (Wildman–Crippen LogP) is 4.18. The highest BCUT2D eigenvalue weighted by atomic mass is 19.4. The summed E-state index contributed by atoms with van der Waals surface area (Å²) in [6.07, 6.45) is -3.96. The van der Waals surface area contributed by atoms with E-state index in [1.807, 2.05) is 6.07 Å². The van der Waals surface area contributed by atoms with Gasteiger partial charge >= 0.3 is 6.18 Å². The Balaban J connectivity index is 2.16. The van der Waals surface area contributed by atoms with Gasteiger partial charge in [-0.15, -0.1) is 0 Å². The molecule has 2 rings (SSSR count). The summed E-state index contributed by atoms with van der Waals surface area (Å²) in [5, 5.41) is 9.54. The van der Waals surface area contributed by atoms with Gasteiger partial charge in [-0.2, -0.15) is 13.2 Å². The molecule has 1 heterocycles. The molecule has 1 aliphatic rings. The lowest BCUT2D eigenvalue weighted by Crippen LogP contribution is -2.33. The van der Waals surface area contributed by atoms with Crippen molar-refractivity contribution in [3.63, 3.8) is 0 Å². The summed E-state index contributed by atoms with van der Waals surface area (Å²) in [5.41, 5.74) is 1.53. The van der Waals surface area contributed by atoms with Crippen LogP contribution in [0.2, 0.25) is 0 Å². The predicted molar refractivity (Wildman–Crippen MR) is 80.9 cm³/mol. The molecule has 0 amide bonds. The minimum atomic E-state index is -4.62. The molecule has 0 saturated carbocycles. The van der Waals surface area contributed by atoms with Gasteiger partial charge in [0.15, 0.2) is 6.10 Å². The van der Waals surface area contributed by atoms with Gasteiger partial charge in [-0.05, 0) is 68.4 Å². The SMILES string of the molecule is CCCN1CCC(c2cccc(C(O)C(F)(F)F)c2C)CC1. The lowest BCUT2D eigenvalue weighted by Gasteiger charge is -2.33. The number of hydrogen-bond acceptors (Lipinski definition) is 2. The lowest BCUT2D eigenvalue weighted by atomic mass is 9.84. The fourth-order valence-corrected chi connectivity index (χ4v) is 3.37. The third-order valence-electron chi connectivity index (χ3n) is 4.59. The fourth-order valence-electron chi connectivity index (χ4n) is 3.37. The van der Waals surface area contributed by atoms with E-state index in [2.05, 4.69) is 11.8 Å². The van der Waals surface area contributed by atoms with Crippen molar-refractivity contribution in [2.45, 2.75) is 51.3 Å². The molecule has 2 nitrogen and oxygen atoms in total. The van der Waals surface area contributed by atoms with E-state index in [1.54, 1.807) is 13.0 Å². The Morgan fingerprint density at radius 1 is 1.27 bits per heavy atom. The number of aliphatic hydroxyl groups excluding tert-OH is 1. The first-order valence-corrected chi connectivity index (χ1v) is 7.91. The summed E-state index contributed by atoms with van der Waals surface area (Å²) < 4.78 is 38.3. The van der Waals surface area contributed by atoms with Gasteiger partial charge in [0.1, 0.15) is 0 Å². The molecule has 1 N–H and O–H groups in total. The standard InChI is InChI=1S/C17H24F3NO/c1-3-9-21-10-7-13(8-11-21)14-5-4-6-15(12(14)2)16(22)17(18,19)20/h4-6,13,16,22H,3,7-11H2,1-2H3. The Kier molecular flexibility index (Phi) is 5.50. The second-order valence-electron chi connectivity index (χ2n) is 6.12. The van der Waals surface area contributed by atoms with Gasteiger partial charge in [0.05, 0.1) is 0 Å². The number of rotatable bonds is 4. The quantitative estimate of drug-likeness (QED) is 0.901. The normalized spacial score (nSPS) is 19.4. The van der Waals surface area contributed by atoms with Crippen LogP contribution in [0.25, 0.3) is 0 Å². The number of hydrogen-bond donors (Lipinski definition) is 1. The second kappa shape index (κ2) is 7.01. The summed E-state index contributed by atoms with van der Waals surface area (Å²) in [7, 11) is 0. The second-order valence-corrected chi connectivity index (χ2v) is 6.12. The topological polar surface area (TPSA) is 23.5 Å². The van der Waals surface area contributed by atoms with E-state index >= 15 is 0 Å². The zero-order valence-corrected chi connectivity index (χ0v) is 13.2. The average molecular weight is 315 g/mol. The summed E-state index contributed by atoms with van der Waals surface area (Å²) in [5.74, 6) is 0.286. The molecule has 1 unspecified atom stereocenters. The minimum Gasteiger partial charge on any atom is -0.379 e. The van der Waals surface area contributed by atoms with Crippen molar-refractivity contribution >= 4 is 0 Å². The molecule has 0 aromatic heterocycles. The van der Waals surface area contributed by atoms with Crippen molar-refractivity contribution in [2.75, 3.05) is 19.6 Å². The van der Waals surface area contributed by atoms with E-state index in [1.165, 1.54) is 6.07 Å². The van der Waals surface area contributed by atoms with Crippen molar-refractivity contribution in [1.29, 1.82) is 0 Å². The summed E-state index contributed by atoms with van der Waals surface area (Å²) >= 11 is 0. The molecule has 1 aromatic rings. The van der Waals surface area contributed by atoms with Gasteiger partial charge in [-0.25, -0.2) is 0 Å². The molecule has 0 radical (unpaired) electrons. The van der Waals surface area contributed by atoms with E-state index in [9.17, 15) is 18.3 Å². The van der Waals surface area contributed by atoms with Crippen LogP contribution in [0.3, 0.4) is 0 Å². The van der Waals surface area contributed by atoms with Crippen LogP contribution in [0.5, 0.6) is 0 Å². The van der Waals surface area contributed by atoms with E-state index in [0.29, 0.717) is 5.56 Å². The molecular formula is C17H24F3NO. The van der Waals surface area contributed by atoms with Crippen LogP contribution in [0.1, 0.15) is 54.9 Å². The Bertz CT molecular complexity index is 493. The van der Waals surface area contributed by atoms with Crippen molar-refractivity contribution in [3.8, 4) is 0 Å². The van der Waals surface area contributed by atoms with Crippen LogP contribution in [-0.4, -0.2) is 35.8 Å². The van der Waals surface area contributed by atoms with Gasteiger partial charge < -0.3 is 10.0 Å². The third kappa shape index (κ3) is 3.82. The average Bonchev–Trinajstić information content (AvgIpc) is 2.47. The zero-order chi connectivity index (χ0) is 16.3. The van der Waals surface area contributed by atoms with E-state index in [4.69, 9.17) is 0 Å². The van der Waals surface area contributed by atoms with Crippen LogP contribution in [0.15, 0.2) is 18.2 Å². The molecule has 22 heavy (non-hydrogen) atoms. The molecule has 0 bridgehead atoms. The number of aliphatic hydroxyl groups is 1. The first-order valence-electron chi connectivity index (χ1n) is 7.91. The lowest BCUT2D eigenvalue weighted by molar-refractivity contribution is -0.207. The number of alkyl halides is 3. The summed E-state index contributed by atoms with van der Waals surface area (Å²) in [6, 6.07) is 4.91. The van der Waals surface area contributed by atoms with Crippen molar-refractivity contribution in [3.05, 3.63) is 34.9 Å². The molecule has 0 spiro atoms. The molecule has 1 saturated heterocycles. The molecular weight excluding hydrogens is 291 g/mol.